The Labute approximate surface area is 160 Å². The van der Waals surface area contributed by atoms with Gasteiger partial charge in [-0.15, -0.1) is 0 Å². The van der Waals surface area contributed by atoms with E-state index in [1.54, 1.807) is 0 Å². The second-order valence-electron chi connectivity index (χ2n) is 6.37. The topological polar surface area (TPSA) is 74.6 Å². The van der Waals surface area contributed by atoms with Crippen molar-refractivity contribution in [2.24, 2.45) is 0 Å². The number of hydrogen-bond acceptors (Lipinski definition) is 3. The molecular weight excluding hydrogens is 406 g/mol. The molecule has 0 saturated carbocycles. The lowest BCUT2D eigenvalue weighted by Crippen LogP contribution is -2.44. The van der Waals surface area contributed by atoms with Gasteiger partial charge in [0.05, 0.1) is 17.5 Å². The fourth-order valence-corrected chi connectivity index (χ4v) is 2.73. The van der Waals surface area contributed by atoms with E-state index in [4.69, 9.17) is 5.11 Å². The molecule has 10 heteroatoms. The molecule has 0 aliphatic rings. The Kier molecular flexibility index (Phi) is 5.80. The van der Waals surface area contributed by atoms with E-state index in [2.05, 4.69) is 0 Å². The zero-order chi connectivity index (χ0) is 22.2. The zero-order valence-electron chi connectivity index (χ0n) is 14.7. The van der Waals surface area contributed by atoms with Crippen molar-refractivity contribution >= 4 is 11.8 Å². The summed E-state index contributed by atoms with van der Waals surface area (Å²) < 4.78 is 79.3. The van der Waals surface area contributed by atoms with Gasteiger partial charge in [0, 0.05) is 5.56 Å². The summed E-state index contributed by atoms with van der Waals surface area (Å²) in [5.74, 6) is -2.53. The number of aliphatic hydroxyl groups is 1. The standard InChI is InChI=1S/C19H14F6O4/c1-10-7-11(5-6-14(10)16(27)28)15(26)9-17(29,19(23,24)25)12-3-2-4-13(8-12)18(20,21)22/h2-8,29H,9H2,1H3,(H,27,28). The van der Waals surface area contributed by atoms with E-state index in [9.17, 15) is 41.0 Å². The number of benzene rings is 2. The maximum Gasteiger partial charge on any atom is 0.421 e. The van der Waals surface area contributed by atoms with Crippen molar-refractivity contribution in [2.45, 2.75) is 31.3 Å². The molecule has 1 atom stereocenters. The zero-order valence-corrected chi connectivity index (χ0v) is 14.7. The molecule has 0 heterocycles. The highest BCUT2D eigenvalue weighted by atomic mass is 19.4. The number of rotatable bonds is 5. The molecule has 2 aromatic carbocycles. The Morgan fingerprint density at radius 1 is 0.931 bits per heavy atom. The third-order valence-corrected chi connectivity index (χ3v) is 4.33. The number of ketones is 1. The SMILES string of the molecule is Cc1cc(C(=O)CC(O)(c2cccc(C(F)(F)F)c2)C(F)(F)F)ccc1C(=O)O. The average molecular weight is 420 g/mol. The highest BCUT2D eigenvalue weighted by molar-refractivity contribution is 5.98. The number of carboxylic acid groups (broad SMARTS) is 1. The van der Waals surface area contributed by atoms with Gasteiger partial charge in [-0.05, 0) is 42.3 Å². The summed E-state index contributed by atoms with van der Waals surface area (Å²) in [5, 5.41) is 19.2. The van der Waals surface area contributed by atoms with Crippen LogP contribution >= 0.6 is 0 Å². The lowest BCUT2D eigenvalue weighted by atomic mass is 9.85. The number of carboxylic acids is 1. The first-order chi connectivity index (χ1) is 13.2. The minimum Gasteiger partial charge on any atom is -0.478 e. The summed E-state index contributed by atoms with van der Waals surface area (Å²) in [6.45, 7) is 1.32. The number of aryl methyl sites for hydroxylation is 1. The quantitative estimate of drug-likeness (QED) is 0.542. The van der Waals surface area contributed by atoms with Crippen molar-refractivity contribution in [3.63, 3.8) is 0 Å². The molecule has 2 aromatic rings. The number of carbonyl (C=O) groups is 2. The van der Waals surface area contributed by atoms with E-state index < -0.39 is 47.3 Å². The van der Waals surface area contributed by atoms with Gasteiger partial charge in [0.1, 0.15) is 0 Å². The third kappa shape index (κ3) is 4.58. The molecule has 0 aliphatic carbocycles. The highest BCUT2D eigenvalue weighted by Gasteiger charge is 2.56. The molecule has 1 unspecified atom stereocenters. The molecule has 4 nitrogen and oxygen atoms in total. The predicted octanol–water partition coefficient (Wildman–Crippen LogP) is 4.73. The highest BCUT2D eigenvalue weighted by Crippen LogP contribution is 2.43. The van der Waals surface area contributed by atoms with Crippen LogP contribution in [0.1, 0.15) is 43.8 Å². The van der Waals surface area contributed by atoms with Gasteiger partial charge in [0.2, 0.25) is 0 Å². The first-order valence-corrected chi connectivity index (χ1v) is 8.01. The summed E-state index contributed by atoms with van der Waals surface area (Å²) in [7, 11) is 0. The van der Waals surface area contributed by atoms with Crippen molar-refractivity contribution in [1.82, 2.24) is 0 Å². The van der Waals surface area contributed by atoms with Crippen molar-refractivity contribution in [2.75, 3.05) is 0 Å². The first-order valence-electron chi connectivity index (χ1n) is 8.01. The summed E-state index contributed by atoms with van der Waals surface area (Å²) in [5.41, 5.74) is -6.81. The molecule has 0 radical (unpaired) electrons. The number of halogens is 6. The molecule has 156 valence electrons. The average Bonchev–Trinajstić information content (AvgIpc) is 2.59. The van der Waals surface area contributed by atoms with Gasteiger partial charge in [0.15, 0.2) is 11.4 Å². The van der Waals surface area contributed by atoms with Crippen LogP contribution in [-0.2, 0) is 11.8 Å². The molecule has 0 fully saturated rings. The van der Waals surface area contributed by atoms with Crippen LogP contribution in [-0.4, -0.2) is 28.1 Å². The summed E-state index contributed by atoms with van der Waals surface area (Å²) >= 11 is 0. The second kappa shape index (κ2) is 7.51. The van der Waals surface area contributed by atoms with Crippen molar-refractivity contribution in [1.29, 1.82) is 0 Å². The van der Waals surface area contributed by atoms with Gasteiger partial charge in [-0.25, -0.2) is 4.79 Å². The molecule has 0 amide bonds. The molecule has 0 saturated heterocycles. The second-order valence-corrected chi connectivity index (χ2v) is 6.37. The Bertz CT molecular complexity index is 948. The van der Waals surface area contributed by atoms with Crippen molar-refractivity contribution in [3.05, 3.63) is 70.3 Å². The van der Waals surface area contributed by atoms with Crippen LogP contribution < -0.4 is 0 Å². The summed E-state index contributed by atoms with van der Waals surface area (Å²) in [4.78, 5) is 23.4. The third-order valence-electron chi connectivity index (χ3n) is 4.33. The van der Waals surface area contributed by atoms with Crippen LogP contribution in [0.15, 0.2) is 42.5 Å². The first kappa shape index (κ1) is 22.4. The van der Waals surface area contributed by atoms with Crippen LogP contribution in [0.2, 0.25) is 0 Å². The van der Waals surface area contributed by atoms with Crippen LogP contribution in [0.25, 0.3) is 0 Å². The predicted molar refractivity (Wildman–Crippen MR) is 88.5 cm³/mol. The monoisotopic (exact) mass is 420 g/mol. The molecular formula is C19H14F6O4. The van der Waals surface area contributed by atoms with Gasteiger partial charge >= 0.3 is 18.3 Å². The summed E-state index contributed by atoms with van der Waals surface area (Å²) in [6.07, 6.45) is -12.0. The molecule has 2 N–H and O–H groups in total. The van der Waals surface area contributed by atoms with Crippen LogP contribution in [0.4, 0.5) is 26.3 Å². The molecule has 0 spiro atoms. The largest absolute Gasteiger partial charge is 0.478 e. The van der Waals surface area contributed by atoms with E-state index >= 15 is 0 Å². The van der Waals surface area contributed by atoms with Crippen molar-refractivity contribution in [3.8, 4) is 0 Å². The van der Waals surface area contributed by atoms with Crippen molar-refractivity contribution < 1.29 is 46.1 Å². The molecule has 0 aliphatic heterocycles. The lowest BCUT2D eigenvalue weighted by molar-refractivity contribution is -0.265. The van der Waals surface area contributed by atoms with Gasteiger partial charge in [-0.3, -0.25) is 4.79 Å². The fraction of sp³-hybridized carbons (Fsp3) is 0.263. The Morgan fingerprint density at radius 3 is 2.00 bits per heavy atom. The van der Waals surface area contributed by atoms with E-state index in [1.165, 1.54) is 6.92 Å². The Hall–Kier alpha value is -2.88. The molecule has 2 rings (SSSR count). The van der Waals surface area contributed by atoms with Gasteiger partial charge < -0.3 is 10.2 Å². The molecule has 0 aromatic heterocycles. The maximum absolute atomic E-state index is 13.6. The number of alkyl halides is 6. The normalized spacial score (nSPS) is 14.3. The fourth-order valence-electron chi connectivity index (χ4n) is 2.73. The number of Topliss-reactive ketones (excluding diaryl/α,β-unsaturated/α-hetero) is 1. The number of hydrogen-bond donors (Lipinski definition) is 2. The smallest absolute Gasteiger partial charge is 0.421 e. The van der Waals surface area contributed by atoms with Crippen LogP contribution in [0.5, 0.6) is 0 Å². The van der Waals surface area contributed by atoms with E-state index in [1.807, 2.05) is 0 Å². The van der Waals surface area contributed by atoms with Gasteiger partial charge in [0.25, 0.3) is 0 Å². The molecule has 29 heavy (non-hydrogen) atoms. The molecule has 0 bridgehead atoms. The van der Waals surface area contributed by atoms with Gasteiger partial charge in [-0.1, -0.05) is 18.2 Å². The maximum atomic E-state index is 13.6. The Morgan fingerprint density at radius 2 is 1.52 bits per heavy atom. The number of carbonyl (C=O) groups excluding carboxylic acids is 1. The van der Waals surface area contributed by atoms with Gasteiger partial charge in [-0.2, -0.15) is 26.3 Å². The van der Waals surface area contributed by atoms with E-state index in [0.29, 0.717) is 18.2 Å². The number of aromatic carboxylic acids is 1. The van der Waals surface area contributed by atoms with Crippen LogP contribution in [0, 0.1) is 6.92 Å². The minimum atomic E-state index is -5.46. The minimum absolute atomic E-state index is 0.0953. The van der Waals surface area contributed by atoms with E-state index in [0.717, 1.165) is 18.2 Å². The van der Waals surface area contributed by atoms with E-state index in [-0.39, 0.29) is 22.8 Å². The summed E-state index contributed by atoms with van der Waals surface area (Å²) in [6, 6.07) is 5.05. The van der Waals surface area contributed by atoms with Crippen LogP contribution in [0.3, 0.4) is 0 Å². The lowest BCUT2D eigenvalue weighted by Gasteiger charge is -2.31. The Balaban J connectivity index is 2.48.